The number of piperazine rings is 1. The van der Waals surface area contributed by atoms with Crippen LogP contribution in [0.3, 0.4) is 0 Å². The molecule has 0 aliphatic carbocycles. The van der Waals surface area contributed by atoms with E-state index in [-0.39, 0.29) is 32.1 Å². The number of nitrogens with zero attached hydrogens (tertiary/aromatic N) is 2. The van der Waals surface area contributed by atoms with Gasteiger partial charge in [0, 0.05) is 31.9 Å². The van der Waals surface area contributed by atoms with Crippen molar-refractivity contribution < 1.29 is 26.4 Å². The van der Waals surface area contributed by atoms with E-state index in [1.54, 1.807) is 6.92 Å². The standard InChI is InChI=1S/C23H28F3N3O3S/c1-16(2)18-8-10-19(11-9-18)27-22(30)17(3)28-12-14-29(15-13-28)33(31,32)21-7-5-4-6-20(21)23(24,25)26/h4-11,16-17H,12-15H2,1-3H3,(H,27,30)/t17-/m0/s1. The van der Waals surface area contributed by atoms with Crippen LogP contribution < -0.4 is 5.32 Å². The molecule has 33 heavy (non-hydrogen) atoms. The summed E-state index contributed by atoms with van der Waals surface area (Å²) in [7, 11) is -4.32. The first-order valence-electron chi connectivity index (χ1n) is 10.7. The summed E-state index contributed by atoms with van der Waals surface area (Å²) in [4.78, 5) is 13.7. The molecule has 1 heterocycles. The molecule has 1 aliphatic heterocycles. The molecule has 0 bridgehead atoms. The average Bonchev–Trinajstić information content (AvgIpc) is 2.78. The summed E-state index contributed by atoms with van der Waals surface area (Å²) in [6, 6.07) is 11.2. The smallest absolute Gasteiger partial charge is 0.325 e. The van der Waals surface area contributed by atoms with E-state index in [9.17, 15) is 26.4 Å². The maximum atomic E-state index is 13.3. The van der Waals surface area contributed by atoms with Crippen LogP contribution in [0.25, 0.3) is 0 Å². The largest absolute Gasteiger partial charge is 0.417 e. The van der Waals surface area contributed by atoms with Crippen LogP contribution in [0.4, 0.5) is 18.9 Å². The SMILES string of the molecule is CC(C)c1ccc(NC(=O)[C@H](C)N2CCN(S(=O)(=O)c3ccccc3C(F)(F)F)CC2)cc1. The highest BCUT2D eigenvalue weighted by Gasteiger charge is 2.40. The second-order valence-corrected chi connectivity index (χ2v) is 10.3. The molecule has 1 amide bonds. The van der Waals surface area contributed by atoms with Gasteiger partial charge in [-0.25, -0.2) is 8.42 Å². The highest BCUT2D eigenvalue weighted by Crippen LogP contribution is 2.35. The molecule has 1 fully saturated rings. The van der Waals surface area contributed by atoms with Crippen molar-refractivity contribution in [3.63, 3.8) is 0 Å². The number of alkyl halides is 3. The molecule has 1 aliphatic rings. The number of carbonyl (C=O) groups is 1. The highest BCUT2D eigenvalue weighted by molar-refractivity contribution is 7.89. The fourth-order valence-corrected chi connectivity index (χ4v) is 5.39. The van der Waals surface area contributed by atoms with Gasteiger partial charge >= 0.3 is 6.18 Å². The van der Waals surface area contributed by atoms with Crippen LogP contribution in [-0.4, -0.2) is 55.8 Å². The van der Waals surface area contributed by atoms with Crippen molar-refractivity contribution in [3.05, 3.63) is 59.7 Å². The second-order valence-electron chi connectivity index (χ2n) is 8.38. The molecule has 0 spiro atoms. The van der Waals surface area contributed by atoms with Crippen molar-refractivity contribution in [1.29, 1.82) is 0 Å². The fourth-order valence-electron chi connectivity index (χ4n) is 3.76. The Bertz CT molecular complexity index is 1080. The second kappa shape index (κ2) is 9.82. The van der Waals surface area contributed by atoms with Gasteiger partial charge in [-0.3, -0.25) is 9.69 Å². The summed E-state index contributed by atoms with van der Waals surface area (Å²) < 4.78 is 66.8. The first-order chi connectivity index (χ1) is 15.4. The molecule has 2 aromatic rings. The fraction of sp³-hybridized carbons (Fsp3) is 0.435. The lowest BCUT2D eigenvalue weighted by atomic mass is 10.0. The molecule has 2 aromatic carbocycles. The van der Waals surface area contributed by atoms with E-state index in [1.165, 1.54) is 6.07 Å². The summed E-state index contributed by atoms with van der Waals surface area (Å²) in [5.74, 6) is 0.148. The predicted molar refractivity (Wildman–Crippen MR) is 120 cm³/mol. The van der Waals surface area contributed by atoms with Crippen LogP contribution >= 0.6 is 0 Å². The Morgan fingerprint density at radius 2 is 1.52 bits per heavy atom. The average molecular weight is 484 g/mol. The number of halogens is 3. The third-order valence-corrected chi connectivity index (χ3v) is 7.81. The minimum absolute atomic E-state index is 0.00473. The number of anilines is 1. The summed E-state index contributed by atoms with van der Waals surface area (Å²) >= 11 is 0. The van der Waals surface area contributed by atoms with E-state index in [1.807, 2.05) is 29.2 Å². The van der Waals surface area contributed by atoms with Gasteiger partial charge in [-0.15, -0.1) is 0 Å². The number of benzene rings is 2. The van der Waals surface area contributed by atoms with Gasteiger partial charge in [0.1, 0.15) is 0 Å². The zero-order chi connectivity index (χ0) is 24.4. The molecular formula is C23H28F3N3O3S. The van der Waals surface area contributed by atoms with Gasteiger partial charge in [-0.05, 0) is 42.7 Å². The quantitative estimate of drug-likeness (QED) is 0.670. The maximum absolute atomic E-state index is 13.3. The maximum Gasteiger partial charge on any atom is 0.417 e. The zero-order valence-corrected chi connectivity index (χ0v) is 19.6. The van der Waals surface area contributed by atoms with Crippen molar-refractivity contribution in [2.75, 3.05) is 31.5 Å². The van der Waals surface area contributed by atoms with Crippen LogP contribution in [0, 0.1) is 0 Å². The Hall–Kier alpha value is -2.43. The third kappa shape index (κ3) is 5.74. The van der Waals surface area contributed by atoms with Gasteiger partial charge in [-0.1, -0.05) is 38.1 Å². The normalized spacial score (nSPS) is 17.2. The molecule has 0 radical (unpaired) electrons. The number of nitrogens with one attached hydrogen (secondary N) is 1. The summed E-state index contributed by atoms with van der Waals surface area (Å²) in [6.07, 6.45) is -4.77. The van der Waals surface area contributed by atoms with Crippen molar-refractivity contribution in [1.82, 2.24) is 9.21 Å². The number of sulfonamides is 1. The lowest BCUT2D eigenvalue weighted by Gasteiger charge is -2.37. The van der Waals surface area contributed by atoms with Crippen LogP contribution in [0.5, 0.6) is 0 Å². The van der Waals surface area contributed by atoms with E-state index in [0.29, 0.717) is 11.6 Å². The topological polar surface area (TPSA) is 69.7 Å². The van der Waals surface area contributed by atoms with Crippen LogP contribution in [0.2, 0.25) is 0 Å². The molecule has 6 nitrogen and oxygen atoms in total. The predicted octanol–water partition coefficient (Wildman–Crippen LogP) is 4.16. The molecule has 0 aromatic heterocycles. The lowest BCUT2D eigenvalue weighted by Crippen LogP contribution is -2.54. The van der Waals surface area contributed by atoms with Crippen LogP contribution in [0.15, 0.2) is 53.4 Å². The minimum Gasteiger partial charge on any atom is -0.325 e. The number of rotatable bonds is 6. The van der Waals surface area contributed by atoms with E-state index in [4.69, 9.17) is 0 Å². The van der Waals surface area contributed by atoms with Gasteiger partial charge < -0.3 is 5.32 Å². The molecule has 0 unspecified atom stereocenters. The summed E-state index contributed by atoms with van der Waals surface area (Å²) in [5, 5.41) is 2.86. The van der Waals surface area contributed by atoms with Gasteiger partial charge in [0.05, 0.1) is 16.5 Å². The molecule has 0 saturated carbocycles. The monoisotopic (exact) mass is 483 g/mol. The van der Waals surface area contributed by atoms with Crippen LogP contribution in [-0.2, 0) is 21.0 Å². The molecule has 1 N–H and O–H groups in total. The number of amides is 1. The summed E-state index contributed by atoms with van der Waals surface area (Å²) in [6.45, 7) is 6.34. The Morgan fingerprint density at radius 3 is 2.06 bits per heavy atom. The molecule has 1 saturated heterocycles. The minimum atomic E-state index is -4.77. The van der Waals surface area contributed by atoms with Gasteiger partial charge in [0.15, 0.2) is 0 Å². The van der Waals surface area contributed by atoms with Crippen molar-refractivity contribution in [2.24, 2.45) is 0 Å². The Morgan fingerprint density at radius 1 is 0.939 bits per heavy atom. The van der Waals surface area contributed by atoms with Gasteiger partial charge in [0.25, 0.3) is 0 Å². The lowest BCUT2D eigenvalue weighted by molar-refractivity contribution is -0.140. The Balaban J connectivity index is 1.64. The Labute approximate surface area is 192 Å². The third-order valence-electron chi connectivity index (χ3n) is 5.86. The van der Waals surface area contributed by atoms with Crippen molar-refractivity contribution in [2.45, 2.75) is 43.8 Å². The highest BCUT2D eigenvalue weighted by atomic mass is 32.2. The van der Waals surface area contributed by atoms with Crippen molar-refractivity contribution in [3.8, 4) is 0 Å². The van der Waals surface area contributed by atoms with E-state index < -0.39 is 32.7 Å². The van der Waals surface area contributed by atoms with Gasteiger partial charge in [0.2, 0.25) is 15.9 Å². The first kappa shape index (κ1) is 25.2. The van der Waals surface area contributed by atoms with Gasteiger partial charge in [-0.2, -0.15) is 17.5 Å². The molecular weight excluding hydrogens is 455 g/mol. The summed E-state index contributed by atoms with van der Waals surface area (Å²) in [5.41, 5.74) is 0.648. The number of hydrogen-bond acceptors (Lipinski definition) is 4. The Kier molecular flexibility index (Phi) is 7.50. The molecule has 180 valence electrons. The number of hydrogen-bond donors (Lipinski definition) is 1. The van der Waals surface area contributed by atoms with E-state index in [0.717, 1.165) is 28.1 Å². The number of carbonyl (C=O) groups excluding carboxylic acids is 1. The molecule has 10 heteroatoms. The molecule has 3 rings (SSSR count). The van der Waals surface area contributed by atoms with Crippen LogP contribution in [0.1, 0.15) is 37.8 Å². The first-order valence-corrected chi connectivity index (χ1v) is 12.2. The zero-order valence-electron chi connectivity index (χ0n) is 18.8. The van der Waals surface area contributed by atoms with E-state index in [2.05, 4.69) is 19.2 Å². The molecule has 1 atom stereocenters. The van der Waals surface area contributed by atoms with E-state index >= 15 is 0 Å². The van der Waals surface area contributed by atoms with Crippen molar-refractivity contribution >= 4 is 21.6 Å².